The van der Waals surface area contributed by atoms with Gasteiger partial charge in [-0.15, -0.1) is 12.3 Å². The van der Waals surface area contributed by atoms with Crippen molar-refractivity contribution in [3.63, 3.8) is 0 Å². The molecule has 0 radical (unpaired) electrons. The van der Waals surface area contributed by atoms with Crippen LogP contribution < -0.4 is 10.5 Å². The van der Waals surface area contributed by atoms with E-state index in [9.17, 15) is 4.79 Å². The normalized spacial score (nSPS) is 21.6. The minimum Gasteiger partial charge on any atom is -0.350 e. The van der Waals surface area contributed by atoms with E-state index in [1.165, 1.54) is 5.19 Å². The Kier molecular flexibility index (Phi) is 4.28. The van der Waals surface area contributed by atoms with Crippen molar-refractivity contribution in [1.82, 2.24) is 10.3 Å². The monoisotopic (exact) mass is 330 g/mol. The lowest BCUT2D eigenvalue weighted by Gasteiger charge is -2.28. The molecule has 1 fully saturated rings. The summed E-state index contributed by atoms with van der Waals surface area (Å²) in [7, 11) is 0.925. The van der Waals surface area contributed by atoms with Crippen LogP contribution in [0.1, 0.15) is 36.2 Å². The van der Waals surface area contributed by atoms with Crippen molar-refractivity contribution in [2.75, 3.05) is 0 Å². The Morgan fingerprint density at radius 2 is 2.14 bits per heavy atom. The molecule has 1 aliphatic rings. The molecule has 114 valence electrons. The number of fused-ring (bicyclic) bond motifs is 1. The van der Waals surface area contributed by atoms with Crippen LogP contribution in [-0.2, 0) is 0 Å². The Labute approximate surface area is 138 Å². The number of aromatic nitrogens is 1. The zero-order valence-electron chi connectivity index (χ0n) is 12.6. The predicted octanol–water partition coefficient (Wildman–Crippen LogP) is 1.73. The minimum absolute atomic E-state index is 0.0716. The molecule has 5 heteroatoms. The van der Waals surface area contributed by atoms with Crippen LogP contribution in [0.3, 0.4) is 0 Å². The number of hydrogen-bond donors (Lipinski definition) is 2. The van der Waals surface area contributed by atoms with Crippen molar-refractivity contribution < 1.29 is 4.79 Å². The summed E-state index contributed by atoms with van der Waals surface area (Å²) in [5.41, 5.74) is 1.46. The van der Waals surface area contributed by atoms with Crippen molar-refractivity contribution in [3.8, 4) is 12.3 Å². The van der Waals surface area contributed by atoms with Crippen molar-refractivity contribution in [2.24, 2.45) is 5.92 Å². The van der Waals surface area contributed by atoms with Gasteiger partial charge in [0.2, 0.25) is 0 Å². The second kappa shape index (κ2) is 6.19. The Balaban J connectivity index is 1.83. The number of nitrogens with one attached hydrogen (secondary N) is 2. The fourth-order valence-corrected chi connectivity index (χ4v) is 4.29. The molecule has 1 saturated carbocycles. The molecule has 2 atom stereocenters. The van der Waals surface area contributed by atoms with Crippen molar-refractivity contribution in [1.29, 1.82) is 0 Å². The van der Waals surface area contributed by atoms with Gasteiger partial charge in [0.25, 0.3) is 5.91 Å². The summed E-state index contributed by atoms with van der Waals surface area (Å²) in [6, 6.07) is 5.90. The molecule has 22 heavy (non-hydrogen) atoms. The molecule has 1 aromatic heterocycles. The van der Waals surface area contributed by atoms with Crippen molar-refractivity contribution in [2.45, 2.75) is 31.7 Å². The highest BCUT2D eigenvalue weighted by molar-refractivity contribution is 6.40. The van der Waals surface area contributed by atoms with Gasteiger partial charge in [0.05, 0.1) is 0 Å². The fourth-order valence-electron chi connectivity index (χ4n) is 3.20. The number of carbonyl (C=O) groups excluding carboxylic acids is 1. The molecule has 1 aliphatic carbocycles. The molecule has 0 spiro atoms. The summed E-state index contributed by atoms with van der Waals surface area (Å²) in [5, 5.41) is 5.87. The lowest BCUT2D eigenvalue weighted by atomic mass is 9.85. The number of carbonyl (C=O) groups is 1. The van der Waals surface area contributed by atoms with E-state index in [4.69, 9.17) is 18.0 Å². The largest absolute Gasteiger partial charge is 0.350 e. The number of terminal acetylenes is 1. The van der Waals surface area contributed by atoms with Gasteiger partial charge in [-0.2, -0.15) is 0 Å². The molecule has 3 rings (SSSR count). The smallest absolute Gasteiger partial charge is 0.267 e. The molecule has 2 aromatic rings. The SMILES string of the molecule is C#CC1CCCCC1NC(=O)c1cc2c(Cl)cc([SiH3])cc2[nH]1. The number of hydrogen-bond acceptors (Lipinski definition) is 1. The molecular weight excluding hydrogens is 312 g/mol. The summed E-state index contributed by atoms with van der Waals surface area (Å²) in [5.74, 6) is 2.85. The average molecular weight is 331 g/mol. The van der Waals surface area contributed by atoms with Crippen LogP contribution in [0.2, 0.25) is 5.02 Å². The lowest BCUT2D eigenvalue weighted by Crippen LogP contribution is -2.41. The molecule has 2 unspecified atom stereocenters. The van der Waals surface area contributed by atoms with Gasteiger partial charge in [-0.25, -0.2) is 0 Å². The molecule has 2 N–H and O–H groups in total. The highest BCUT2D eigenvalue weighted by atomic mass is 35.5. The van der Waals surface area contributed by atoms with E-state index < -0.39 is 0 Å². The van der Waals surface area contributed by atoms with E-state index in [0.29, 0.717) is 10.7 Å². The third-order valence-electron chi connectivity index (χ3n) is 4.37. The van der Waals surface area contributed by atoms with Gasteiger partial charge in [0, 0.05) is 38.1 Å². The molecule has 0 aliphatic heterocycles. The second-order valence-corrected chi connectivity index (χ2v) is 7.59. The number of aromatic amines is 1. The predicted molar refractivity (Wildman–Crippen MR) is 94.9 cm³/mol. The highest BCUT2D eigenvalue weighted by Gasteiger charge is 2.25. The summed E-state index contributed by atoms with van der Waals surface area (Å²) in [4.78, 5) is 15.7. The van der Waals surface area contributed by atoms with Gasteiger partial charge in [0.1, 0.15) is 5.69 Å². The molecule has 1 aromatic carbocycles. The highest BCUT2D eigenvalue weighted by Crippen LogP contribution is 2.25. The first-order chi connectivity index (χ1) is 10.6. The first-order valence-electron chi connectivity index (χ1n) is 7.64. The number of H-pyrrole nitrogens is 1. The van der Waals surface area contributed by atoms with Crippen LogP contribution >= 0.6 is 11.6 Å². The van der Waals surface area contributed by atoms with Crippen molar-refractivity contribution in [3.05, 3.63) is 28.9 Å². The zero-order chi connectivity index (χ0) is 15.7. The number of halogens is 1. The van der Waals surface area contributed by atoms with Gasteiger partial charge >= 0.3 is 0 Å². The van der Waals surface area contributed by atoms with Crippen LogP contribution in [-0.4, -0.2) is 27.2 Å². The minimum atomic E-state index is -0.102. The lowest BCUT2D eigenvalue weighted by molar-refractivity contribution is 0.0913. The molecular formula is C17H19ClN2OSi. The zero-order valence-corrected chi connectivity index (χ0v) is 15.3. The van der Waals surface area contributed by atoms with Gasteiger partial charge in [0.15, 0.2) is 0 Å². The van der Waals surface area contributed by atoms with Crippen LogP contribution in [0.25, 0.3) is 10.9 Å². The summed E-state index contributed by atoms with van der Waals surface area (Å²) in [6.45, 7) is 0. The molecule has 0 saturated heterocycles. The maximum Gasteiger partial charge on any atom is 0.267 e. The number of amides is 1. The third-order valence-corrected chi connectivity index (χ3v) is 5.26. The van der Waals surface area contributed by atoms with Crippen LogP contribution in [0.4, 0.5) is 0 Å². The summed E-state index contributed by atoms with van der Waals surface area (Å²) >= 11 is 6.26. The van der Waals surface area contributed by atoms with Gasteiger partial charge in [-0.1, -0.05) is 29.6 Å². The molecule has 1 heterocycles. The van der Waals surface area contributed by atoms with E-state index in [1.54, 1.807) is 0 Å². The first kappa shape index (κ1) is 15.2. The number of benzene rings is 1. The fraction of sp³-hybridized carbons (Fsp3) is 0.353. The Hall–Kier alpha value is -1.70. The van der Waals surface area contributed by atoms with Gasteiger partial charge in [-0.3, -0.25) is 4.79 Å². The summed E-state index contributed by atoms with van der Waals surface area (Å²) < 4.78 is 0. The van der Waals surface area contributed by atoms with Crippen molar-refractivity contribution >= 4 is 43.8 Å². The summed E-state index contributed by atoms with van der Waals surface area (Å²) in [6.07, 6.45) is 9.79. The first-order valence-corrected chi connectivity index (χ1v) is 9.02. The van der Waals surface area contributed by atoms with Crippen LogP contribution in [0, 0.1) is 18.3 Å². The van der Waals surface area contributed by atoms with E-state index in [2.05, 4.69) is 22.3 Å². The quantitative estimate of drug-likeness (QED) is 0.639. The topological polar surface area (TPSA) is 44.9 Å². The number of rotatable bonds is 2. The van der Waals surface area contributed by atoms with Gasteiger partial charge in [-0.05, 0) is 31.0 Å². The maximum atomic E-state index is 12.5. The molecule has 3 nitrogen and oxygen atoms in total. The maximum absolute atomic E-state index is 12.5. The van der Waals surface area contributed by atoms with E-state index in [1.807, 2.05) is 12.1 Å². The standard InChI is InChI=1S/C17H19ClN2OSi/c1-2-10-5-3-4-6-14(10)20-17(21)16-9-12-13(18)7-11(22)8-15(12)19-16/h1,7-10,14,19H,3-6H2,22H3,(H,20,21). The van der Waals surface area contributed by atoms with Gasteiger partial charge < -0.3 is 10.3 Å². The van der Waals surface area contributed by atoms with E-state index in [-0.39, 0.29) is 17.9 Å². The Morgan fingerprint density at radius 1 is 1.36 bits per heavy atom. The third kappa shape index (κ3) is 2.92. The molecule has 1 amide bonds. The van der Waals surface area contributed by atoms with E-state index in [0.717, 1.165) is 46.8 Å². The average Bonchev–Trinajstić information content (AvgIpc) is 2.92. The molecule has 0 bridgehead atoms. The van der Waals surface area contributed by atoms with E-state index >= 15 is 0 Å². The second-order valence-electron chi connectivity index (χ2n) is 6.03. The van der Waals surface area contributed by atoms with Crippen LogP contribution in [0.5, 0.6) is 0 Å². The Bertz CT molecular complexity index is 762. The Morgan fingerprint density at radius 3 is 2.91 bits per heavy atom. The van der Waals surface area contributed by atoms with Crippen LogP contribution in [0.15, 0.2) is 18.2 Å².